The Labute approximate surface area is 186 Å². The predicted octanol–water partition coefficient (Wildman–Crippen LogP) is 4.87. The number of carbonyl (C=O) groups excluding carboxylic acids is 1. The molecule has 5 nitrogen and oxygen atoms in total. The van der Waals surface area contributed by atoms with E-state index in [1.54, 1.807) is 18.0 Å². The fourth-order valence-electron chi connectivity index (χ4n) is 3.56. The van der Waals surface area contributed by atoms with Crippen molar-refractivity contribution in [2.24, 2.45) is 0 Å². The van der Waals surface area contributed by atoms with E-state index < -0.39 is 0 Å². The minimum atomic E-state index is 0.0881. The number of thiazole rings is 1. The minimum Gasteiger partial charge on any atom is -0.335 e. The van der Waals surface area contributed by atoms with Crippen LogP contribution < -0.4 is 0 Å². The van der Waals surface area contributed by atoms with Crippen LogP contribution in [0.5, 0.6) is 0 Å². The molecule has 0 aliphatic carbocycles. The molecule has 0 bridgehead atoms. The number of aromatic nitrogens is 2. The lowest BCUT2D eigenvalue weighted by Gasteiger charge is -2.31. The zero-order valence-corrected chi connectivity index (χ0v) is 19.2. The number of benzene rings is 1. The quantitative estimate of drug-likeness (QED) is 0.569. The van der Waals surface area contributed by atoms with E-state index >= 15 is 0 Å². The molecule has 1 fully saturated rings. The number of nitrogens with zero attached hydrogens (tertiary/aromatic N) is 4. The summed E-state index contributed by atoms with van der Waals surface area (Å²) in [6.45, 7) is 7.80. The maximum Gasteiger partial charge on any atom is 0.265 e. The van der Waals surface area contributed by atoms with Crippen LogP contribution >= 0.6 is 23.1 Å². The van der Waals surface area contributed by atoms with Crippen molar-refractivity contribution in [3.8, 4) is 11.1 Å². The van der Waals surface area contributed by atoms with E-state index in [1.165, 1.54) is 22.5 Å². The Hall–Kier alpha value is -2.22. The van der Waals surface area contributed by atoms with Gasteiger partial charge in [0, 0.05) is 49.0 Å². The van der Waals surface area contributed by atoms with Gasteiger partial charge in [-0.15, -0.1) is 11.3 Å². The molecule has 1 aliphatic rings. The highest BCUT2D eigenvalue weighted by Gasteiger charge is 2.22. The van der Waals surface area contributed by atoms with E-state index in [2.05, 4.69) is 66.1 Å². The molecule has 0 unspecified atom stereocenters. The fourth-order valence-corrected chi connectivity index (χ4v) is 5.50. The molecular formula is C23H26N4OS2. The van der Waals surface area contributed by atoms with Crippen molar-refractivity contribution in [3.63, 3.8) is 0 Å². The lowest BCUT2D eigenvalue weighted by Crippen LogP contribution is -2.46. The first-order chi connectivity index (χ1) is 14.5. The van der Waals surface area contributed by atoms with Crippen molar-refractivity contribution in [2.75, 3.05) is 33.2 Å². The van der Waals surface area contributed by atoms with Gasteiger partial charge in [0.25, 0.3) is 5.91 Å². The maximum absolute atomic E-state index is 12.8. The van der Waals surface area contributed by atoms with Gasteiger partial charge in [-0.2, -0.15) is 0 Å². The summed E-state index contributed by atoms with van der Waals surface area (Å²) in [7, 11) is 2.09. The van der Waals surface area contributed by atoms with E-state index in [9.17, 15) is 4.79 Å². The number of rotatable bonds is 5. The van der Waals surface area contributed by atoms with Crippen LogP contribution in [0, 0.1) is 0 Å². The van der Waals surface area contributed by atoms with Gasteiger partial charge in [-0.25, -0.2) is 4.98 Å². The highest BCUT2D eigenvalue weighted by atomic mass is 32.2. The summed E-state index contributed by atoms with van der Waals surface area (Å²) < 4.78 is 0.864. The molecule has 0 N–H and O–H groups in total. The number of piperazine rings is 1. The average molecular weight is 439 g/mol. The van der Waals surface area contributed by atoms with Gasteiger partial charge in [0.2, 0.25) is 0 Å². The normalized spacial score (nSPS) is 15.0. The van der Waals surface area contributed by atoms with Crippen LogP contribution in [0.25, 0.3) is 11.1 Å². The molecule has 3 aromatic rings. The van der Waals surface area contributed by atoms with Crippen molar-refractivity contribution < 1.29 is 4.79 Å². The van der Waals surface area contributed by atoms with Gasteiger partial charge in [0.05, 0.1) is 6.20 Å². The van der Waals surface area contributed by atoms with Gasteiger partial charge in [0.1, 0.15) is 4.88 Å². The number of pyridine rings is 1. The average Bonchev–Trinajstić information content (AvgIpc) is 3.22. The predicted molar refractivity (Wildman–Crippen MR) is 123 cm³/mol. The standard InChI is InChI=1S/C23H26N4OS2/c1-16(2)19-6-4-5-7-20(19)17-12-18(14-24-13-17)29-23-25-15-21(30-23)22(28)27-10-8-26(3)9-11-27/h4-7,12-16H,8-11H2,1-3H3. The van der Waals surface area contributed by atoms with E-state index in [0.717, 1.165) is 41.0 Å². The summed E-state index contributed by atoms with van der Waals surface area (Å²) in [5.41, 5.74) is 3.64. The van der Waals surface area contributed by atoms with Crippen LogP contribution in [-0.4, -0.2) is 58.9 Å². The van der Waals surface area contributed by atoms with Crippen molar-refractivity contribution in [1.29, 1.82) is 0 Å². The van der Waals surface area contributed by atoms with Gasteiger partial charge >= 0.3 is 0 Å². The van der Waals surface area contributed by atoms with Crippen molar-refractivity contribution >= 4 is 29.0 Å². The van der Waals surface area contributed by atoms with E-state index in [0.29, 0.717) is 10.8 Å². The second-order valence-corrected chi connectivity index (χ2v) is 10.2. The van der Waals surface area contributed by atoms with Gasteiger partial charge < -0.3 is 9.80 Å². The summed E-state index contributed by atoms with van der Waals surface area (Å²) in [5.74, 6) is 0.532. The monoisotopic (exact) mass is 438 g/mol. The van der Waals surface area contributed by atoms with Crippen LogP contribution in [0.15, 0.2) is 58.2 Å². The van der Waals surface area contributed by atoms with Gasteiger partial charge in [-0.3, -0.25) is 9.78 Å². The van der Waals surface area contributed by atoms with Crippen LogP contribution in [0.1, 0.15) is 35.0 Å². The topological polar surface area (TPSA) is 49.3 Å². The molecule has 1 amide bonds. The highest BCUT2D eigenvalue weighted by molar-refractivity contribution is 8.01. The number of amides is 1. The Bertz CT molecular complexity index is 1030. The van der Waals surface area contributed by atoms with Crippen molar-refractivity contribution in [1.82, 2.24) is 19.8 Å². The van der Waals surface area contributed by atoms with Gasteiger partial charge in [-0.05, 0) is 30.2 Å². The second kappa shape index (κ2) is 9.29. The molecule has 4 rings (SSSR count). The summed E-state index contributed by atoms with van der Waals surface area (Å²) in [4.78, 5) is 27.6. The van der Waals surface area contributed by atoms with Crippen molar-refractivity contribution in [2.45, 2.75) is 29.0 Å². The van der Waals surface area contributed by atoms with E-state index in [1.807, 2.05) is 17.3 Å². The van der Waals surface area contributed by atoms with E-state index in [-0.39, 0.29) is 5.91 Å². The Balaban J connectivity index is 1.50. The van der Waals surface area contributed by atoms with Crippen LogP contribution in [0.3, 0.4) is 0 Å². The van der Waals surface area contributed by atoms with Gasteiger partial charge in [-0.1, -0.05) is 49.9 Å². The summed E-state index contributed by atoms with van der Waals surface area (Å²) in [6, 6.07) is 10.6. The number of hydrogen-bond acceptors (Lipinski definition) is 6. The molecule has 1 aliphatic heterocycles. The Morgan fingerprint density at radius 1 is 1.10 bits per heavy atom. The molecule has 2 aromatic heterocycles. The molecule has 7 heteroatoms. The maximum atomic E-state index is 12.8. The molecule has 0 radical (unpaired) electrons. The molecule has 156 valence electrons. The summed E-state index contributed by atoms with van der Waals surface area (Å²) in [5, 5.41) is 0. The van der Waals surface area contributed by atoms with Crippen LogP contribution in [0.4, 0.5) is 0 Å². The lowest BCUT2D eigenvalue weighted by molar-refractivity contribution is 0.0668. The van der Waals surface area contributed by atoms with E-state index in [4.69, 9.17) is 0 Å². The van der Waals surface area contributed by atoms with Gasteiger partial charge in [0.15, 0.2) is 4.34 Å². The third-order valence-electron chi connectivity index (χ3n) is 5.30. The molecule has 0 spiro atoms. The third-order valence-corrected chi connectivity index (χ3v) is 7.32. The number of hydrogen-bond donors (Lipinski definition) is 0. The summed E-state index contributed by atoms with van der Waals surface area (Å²) in [6.07, 6.45) is 5.48. The number of likely N-dealkylation sites (N-methyl/N-ethyl adjacent to an activating group) is 1. The molecule has 1 saturated heterocycles. The zero-order chi connectivity index (χ0) is 21.1. The highest BCUT2D eigenvalue weighted by Crippen LogP contribution is 2.35. The largest absolute Gasteiger partial charge is 0.335 e. The minimum absolute atomic E-state index is 0.0881. The molecule has 0 atom stereocenters. The first-order valence-electron chi connectivity index (χ1n) is 10.2. The SMILES string of the molecule is CC(C)c1ccccc1-c1cncc(Sc2ncc(C(=O)N3CCN(C)CC3)s2)c1. The lowest BCUT2D eigenvalue weighted by atomic mass is 9.93. The zero-order valence-electron chi connectivity index (χ0n) is 17.5. The molecule has 30 heavy (non-hydrogen) atoms. The van der Waals surface area contributed by atoms with Crippen LogP contribution in [0.2, 0.25) is 0 Å². The Morgan fingerprint density at radius 2 is 1.87 bits per heavy atom. The fraction of sp³-hybridized carbons (Fsp3) is 0.348. The first-order valence-corrected chi connectivity index (χ1v) is 11.8. The first kappa shape index (κ1) is 21.0. The van der Waals surface area contributed by atoms with Crippen LogP contribution in [-0.2, 0) is 0 Å². The summed E-state index contributed by atoms with van der Waals surface area (Å²) >= 11 is 3.02. The molecular weight excluding hydrogens is 412 g/mol. The smallest absolute Gasteiger partial charge is 0.265 e. The molecule has 3 heterocycles. The Kier molecular flexibility index (Phi) is 6.51. The molecule has 0 saturated carbocycles. The Morgan fingerprint density at radius 3 is 2.63 bits per heavy atom. The second-order valence-electron chi connectivity index (χ2n) is 7.84. The third kappa shape index (κ3) is 4.74. The number of carbonyl (C=O) groups is 1. The van der Waals surface area contributed by atoms with Crippen molar-refractivity contribution in [3.05, 3.63) is 59.4 Å². The molecule has 1 aromatic carbocycles.